The van der Waals surface area contributed by atoms with E-state index in [0.29, 0.717) is 23.1 Å². The molecule has 12 rings (SSSR count). The van der Waals surface area contributed by atoms with Crippen LogP contribution in [0.2, 0.25) is 0 Å². The molecule has 0 aliphatic rings. The predicted octanol–water partition coefficient (Wildman–Crippen LogP) is 12.9. The van der Waals surface area contributed by atoms with Gasteiger partial charge in [-0.25, -0.2) is 15.0 Å². The van der Waals surface area contributed by atoms with Crippen LogP contribution in [-0.4, -0.2) is 19.5 Å². The van der Waals surface area contributed by atoms with E-state index in [2.05, 4.69) is 120 Å². The molecule has 0 amide bonds. The highest BCUT2D eigenvalue weighted by Gasteiger charge is 2.22. The summed E-state index contributed by atoms with van der Waals surface area (Å²) in [5.74, 6) is 1.67. The third-order valence-corrected chi connectivity index (χ3v) is 10.9. The molecule has 55 heavy (non-hydrogen) atoms. The zero-order chi connectivity index (χ0) is 36.0. The number of hydrogen-bond donors (Lipinski definition) is 0. The van der Waals surface area contributed by atoms with Crippen molar-refractivity contribution in [3.8, 4) is 39.9 Å². The van der Waals surface area contributed by atoms with E-state index >= 15 is 0 Å². The molecule has 0 saturated carbocycles. The van der Waals surface area contributed by atoms with Crippen LogP contribution in [0.4, 0.5) is 0 Å². The molecule has 0 bridgehead atoms. The van der Waals surface area contributed by atoms with Crippen LogP contribution in [0.1, 0.15) is 0 Å². The summed E-state index contributed by atoms with van der Waals surface area (Å²) in [6.45, 7) is 0. The topological polar surface area (TPSA) is 69.9 Å². The molecule has 0 aliphatic heterocycles. The SMILES string of the molecule is c1ccc(-c2nc(-c3ccc(-n4c5ccccc5c5ccccc54)cc3)nc(-c3ccc4oc5cccc6c7ccc8ccccc8c7oc3c4c56)n2)cc1. The van der Waals surface area contributed by atoms with Gasteiger partial charge in [-0.2, -0.15) is 0 Å². The minimum Gasteiger partial charge on any atom is -0.456 e. The highest BCUT2D eigenvalue weighted by atomic mass is 16.3. The Kier molecular flexibility index (Phi) is 6.24. The van der Waals surface area contributed by atoms with Gasteiger partial charge in [-0.1, -0.05) is 109 Å². The van der Waals surface area contributed by atoms with Crippen LogP contribution in [-0.2, 0) is 0 Å². The number of nitrogens with zero attached hydrogens (tertiary/aromatic N) is 4. The quantitative estimate of drug-likeness (QED) is 0.182. The number of fused-ring (bicyclic) bond motifs is 7. The minimum absolute atomic E-state index is 0.516. The minimum atomic E-state index is 0.516. The second-order valence-corrected chi connectivity index (χ2v) is 14.0. The molecule has 256 valence electrons. The Bertz CT molecular complexity index is 3430. The van der Waals surface area contributed by atoms with Crippen LogP contribution >= 0.6 is 0 Å². The second kappa shape index (κ2) is 11.5. The van der Waals surface area contributed by atoms with Crippen molar-refractivity contribution >= 4 is 76.5 Å². The summed E-state index contributed by atoms with van der Waals surface area (Å²) < 4.78 is 15.9. The second-order valence-electron chi connectivity index (χ2n) is 14.0. The Morgan fingerprint density at radius 2 is 0.982 bits per heavy atom. The third kappa shape index (κ3) is 4.46. The van der Waals surface area contributed by atoms with E-state index in [4.69, 9.17) is 23.8 Å². The highest BCUT2D eigenvalue weighted by Crippen LogP contribution is 2.44. The van der Waals surface area contributed by atoms with E-state index < -0.39 is 0 Å². The van der Waals surface area contributed by atoms with Crippen LogP contribution in [0.15, 0.2) is 179 Å². The first kappa shape index (κ1) is 29.9. The molecule has 0 spiro atoms. The number of hydrogen-bond acceptors (Lipinski definition) is 5. The maximum Gasteiger partial charge on any atom is 0.167 e. The summed E-state index contributed by atoms with van der Waals surface area (Å²) in [4.78, 5) is 15.4. The van der Waals surface area contributed by atoms with Crippen molar-refractivity contribution in [3.63, 3.8) is 0 Å². The fourth-order valence-electron chi connectivity index (χ4n) is 8.35. The standard InChI is InChI=1S/C49H28N4O2/c1-2-12-30(13-3-1)47-50-48(31-21-24-32(25-22-31)53-39-18-8-6-15-34(39)35-16-7-9-19-40(35)53)52-49(51-47)38-27-28-42-44-43-36(17-10-20-41(43)54-42)37-26-23-29-11-4-5-14-33(29)45(37)55-46(38)44/h1-28H. The van der Waals surface area contributed by atoms with Gasteiger partial charge in [0.2, 0.25) is 0 Å². The first-order valence-corrected chi connectivity index (χ1v) is 18.4. The monoisotopic (exact) mass is 704 g/mol. The summed E-state index contributed by atoms with van der Waals surface area (Å²) in [5.41, 5.74) is 8.94. The Labute approximate surface area is 313 Å². The van der Waals surface area contributed by atoms with E-state index in [-0.39, 0.29) is 0 Å². The van der Waals surface area contributed by atoms with Crippen molar-refractivity contribution in [1.82, 2.24) is 19.5 Å². The fourth-order valence-corrected chi connectivity index (χ4v) is 8.35. The molecule has 0 unspecified atom stereocenters. The maximum absolute atomic E-state index is 7.13. The first-order chi connectivity index (χ1) is 27.3. The normalized spacial score (nSPS) is 12.0. The van der Waals surface area contributed by atoms with Crippen LogP contribution in [0.25, 0.3) is 116 Å². The Morgan fingerprint density at radius 1 is 0.364 bits per heavy atom. The largest absolute Gasteiger partial charge is 0.456 e. The lowest BCUT2D eigenvalue weighted by molar-refractivity contribution is 0.659. The molecule has 8 aromatic carbocycles. The van der Waals surface area contributed by atoms with Gasteiger partial charge < -0.3 is 13.4 Å². The number of para-hydroxylation sites is 2. The lowest BCUT2D eigenvalue weighted by Crippen LogP contribution is -2.01. The van der Waals surface area contributed by atoms with Gasteiger partial charge in [0.15, 0.2) is 17.5 Å². The van der Waals surface area contributed by atoms with Crippen molar-refractivity contribution < 1.29 is 8.83 Å². The first-order valence-electron chi connectivity index (χ1n) is 18.4. The average Bonchev–Trinajstić information content (AvgIpc) is 3.75. The Hall–Kier alpha value is -7.57. The number of aromatic nitrogens is 4. The maximum atomic E-state index is 7.13. The van der Waals surface area contributed by atoms with E-state index in [1.165, 1.54) is 10.8 Å². The molecule has 4 aromatic heterocycles. The van der Waals surface area contributed by atoms with E-state index in [9.17, 15) is 0 Å². The molecule has 0 aliphatic carbocycles. The van der Waals surface area contributed by atoms with E-state index in [1.807, 2.05) is 54.6 Å². The summed E-state index contributed by atoms with van der Waals surface area (Å²) in [6, 6.07) is 58.5. The Morgan fingerprint density at radius 3 is 1.75 bits per heavy atom. The van der Waals surface area contributed by atoms with Gasteiger partial charge in [-0.05, 0) is 71.4 Å². The fraction of sp³-hybridized carbons (Fsp3) is 0. The third-order valence-electron chi connectivity index (χ3n) is 10.9. The molecule has 0 N–H and O–H groups in total. The zero-order valence-electron chi connectivity index (χ0n) is 29.3. The average molecular weight is 705 g/mol. The molecule has 12 aromatic rings. The van der Waals surface area contributed by atoms with Gasteiger partial charge >= 0.3 is 0 Å². The van der Waals surface area contributed by atoms with Crippen LogP contribution in [0.3, 0.4) is 0 Å². The van der Waals surface area contributed by atoms with Gasteiger partial charge in [0, 0.05) is 43.7 Å². The van der Waals surface area contributed by atoms with Crippen LogP contribution in [0.5, 0.6) is 0 Å². The van der Waals surface area contributed by atoms with Crippen molar-refractivity contribution in [2.75, 3.05) is 0 Å². The van der Waals surface area contributed by atoms with Crippen molar-refractivity contribution in [1.29, 1.82) is 0 Å². The Balaban J connectivity index is 1.11. The summed E-state index contributed by atoms with van der Waals surface area (Å²) in [5, 5.41) is 8.59. The number of rotatable bonds is 4. The van der Waals surface area contributed by atoms with E-state index in [1.54, 1.807) is 0 Å². The van der Waals surface area contributed by atoms with Crippen LogP contribution in [0, 0.1) is 0 Å². The molecule has 0 saturated heterocycles. The number of furan rings is 1. The smallest absolute Gasteiger partial charge is 0.167 e. The molecular formula is C49H28N4O2. The van der Waals surface area contributed by atoms with Gasteiger partial charge in [0.1, 0.15) is 22.3 Å². The van der Waals surface area contributed by atoms with Crippen LogP contribution < -0.4 is 0 Å². The molecular weight excluding hydrogens is 677 g/mol. The zero-order valence-corrected chi connectivity index (χ0v) is 29.3. The predicted molar refractivity (Wildman–Crippen MR) is 223 cm³/mol. The summed E-state index contributed by atoms with van der Waals surface area (Å²) >= 11 is 0. The lowest BCUT2D eigenvalue weighted by atomic mass is 10.0. The van der Waals surface area contributed by atoms with Gasteiger partial charge in [0.25, 0.3) is 0 Å². The molecule has 0 radical (unpaired) electrons. The van der Waals surface area contributed by atoms with E-state index in [0.717, 1.165) is 82.5 Å². The summed E-state index contributed by atoms with van der Waals surface area (Å²) in [6.07, 6.45) is 0. The lowest BCUT2D eigenvalue weighted by Gasteiger charge is -2.11. The van der Waals surface area contributed by atoms with Gasteiger partial charge in [-0.3, -0.25) is 0 Å². The molecule has 6 heteroatoms. The molecule has 0 fully saturated rings. The molecule has 0 atom stereocenters. The van der Waals surface area contributed by atoms with Crippen molar-refractivity contribution in [2.45, 2.75) is 0 Å². The van der Waals surface area contributed by atoms with Gasteiger partial charge in [-0.15, -0.1) is 0 Å². The summed E-state index contributed by atoms with van der Waals surface area (Å²) in [7, 11) is 0. The highest BCUT2D eigenvalue weighted by molar-refractivity contribution is 6.28. The van der Waals surface area contributed by atoms with Gasteiger partial charge in [0.05, 0.1) is 22.0 Å². The van der Waals surface area contributed by atoms with Crippen molar-refractivity contribution in [2.24, 2.45) is 0 Å². The van der Waals surface area contributed by atoms with Crippen molar-refractivity contribution in [3.05, 3.63) is 170 Å². The molecule has 4 heterocycles. The molecule has 6 nitrogen and oxygen atoms in total. The number of benzene rings is 8.